The summed E-state index contributed by atoms with van der Waals surface area (Å²) in [5, 5.41) is 0. The van der Waals surface area contributed by atoms with Crippen LogP contribution in [0.5, 0.6) is 5.75 Å². The largest absolute Gasteiger partial charge is 0.521 e. The van der Waals surface area contributed by atoms with Gasteiger partial charge in [0.2, 0.25) is 0 Å². The maximum Gasteiger partial charge on any atom is 0.521 e. The number of benzene rings is 1. The molecule has 0 atom stereocenters. The lowest BCUT2D eigenvalue weighted by Gasteiger charge is -2.03. The van der Waals surface area contributed by atoms with Crippen LogP contribution in [0.25, 0.3) is 0 Å². The first kappa shape index (κ1) is 10.6. The van der Waals surface area contributed by atoms with Crippen molar-refractivity contribution in [2.24, 2.45) is 5.92 Å². The van der Waals surface area contributed by atoms with Crippen molar-refractivity contribution >= 4 is 12.1 Å². The van der Waals surface area contributed by atoms with Crippen LogP contribution in [0.3, 0.4) is 0 Å². The molecular formula is C11H9FO4. The van der Waals surface area contributed by atoms with Gasteiger partial charge in [-0.2, -0.15) is 0 Å². The number of hydrogen-bond donors (Lipinski definition) is 0. The molecule has 2 rings (SSSR count). The van der Waals surface area contributed by atoms with Gasteiger partial charge in [-0.1, -0.05) is 0 Å². The Kier molecular flexibility index (Phi) is 2.85. The molecule has 0 saturated heterocycles. The minimum Gasteiger partial charge on any atom is -0.395 e. The van der Waals surface area contributed by atoms with E-state index >= 15 is 0 Å². The molecule has 0 amide bonds. The quantitative estimate of drug-likeness (QED) is 0.439. The first-order chi connectivity index (χ1) is 7.65. The van der Waals surface area contributed by atoms with Crippen LogP contribution in [0.4, 0.5) is 9.18 Å². The smallest absolute Gasteiger partial charge is 0.395 e. The van der Waals surface area contributed by atoms with Crippen molar-refractivity contribution < 1.29 is 23.5 Å². The van der Waals surface area contributed by atoms with Crippen molar-refractivity contribution in [1.29, 1.82) is 0 Å². The summed E-state index contributed by atoms with van der Waals surface area (Å²) in [7, 11) is 0. The first-order valence-corrected chi connectivity index (χ1v) is 4.84. The van der Waals surface area contributed by atoms with Gasteiger partial charge in [-0.25, -0.2) is 9.18 Å². The number of rotatable bonds is 2. The summed E-state index contributed by atoms with van der Waals surface area (Å²) in [6, 6.07) is 4.84. The average Bonchev–Trinajstić information content (AvgIpc) is 3.04. The number of carbonyl (C=O) groups excluding carboxylic acids is 2. The number of ether oxygens (including phenoxy) is 2. The fourth-order valence-electron chi connectivity index (χ4n) is 1.10. The second-order valence-electron chi connectivity index (χ2n) is 3.50. The van der Waals surface area contributed by atoms with Gasteiger partial charge >= 0.3 is 12.1 Å². The SMILES string of the molecule is O=C(OC(=O)C1CC1)Oc1ccc(F)cc1. The molecule has 0 spiro atoms. The standard InChI is InChI=1S/C11H9FO4/c12-8-3-5-9(6-4-8)15-11(14)16-10(13)7-1-2-7/h3-7H,1-2H2. The van der Waals surface area contributed by atoms with Crippen molar-refractivity contribution in [3.05, 3.63) is 30.1 Å². The van der Waals surface area contributed by atoms with Gasteiger partial charge in [-0.05, 0) is 37.1 Å². The maximum atomic E-state index is 12.5. The lowest BCUT2D eigenvalue weighted by Crippen LogP contribution is -2.17. The summed E-state index contributed by atoms with van der Waals surface area (Å²) in [6.07, 6.45) is 0.425. The summed E-state index contributed by atoms with van der Waals surface area (Å²) in [6.45, 7) is 0. The van der Waals surface area contributed by atoms with Crippen molar-refractivity contribution in [2.75, 3.05) is 0 Å². The molecule has 1 aromatic rings. The van der Waals surface area contributed by atoms with Crippen LogP contribution >= 0.6 is 0 Å². The Morgan fingerprint density at radius 1 is 1.19 bits per heavy atom. The average molecular weight is 224 g/mol. The van der Waals surface area contributed by atoms with E-state index in [1.54, 1.807) is 0 Å². The highest BCUT2D eigenvalue weighted by Gasteiger charge is 2.33. The van der Waals surface area contributed by atoms with E-state index in [1.807, 2.05) is 0 Å². The Bertz CT molecular complexity index is 408. The first-order valence-electron chi connectivity index (χ1n) is 4.84. The van der Waals surface area contributed by atoms with Crippen LogP contribution in [0, 0.1) is 11.7 Å². The Morgan fingerprint density at radius 3 is 2.38 bits per heavy atom. The minimum absolute atomic E-state index is 0.134. The van der Waals surface area contributed by atoms with Crippen LogP contribution in [0.2, 0.25) is 0 Å². The van der Waals surface area contributed by atoms with Gasteiger partial charge in [0.15, 0.2) is 0 Å². The Balaban J connectivity index is 1.86. The molecule has 0 aromatic heterocycles. The van der Waals surface area contributed by atoms with E-state index in [0.29, 0.717) is 0 Å². The molecule has 16 heavy (non-hydrogen) atoms. The van der Waals surface area contributed by atoms with Gasteiger partial charge in [0, 0.05) is 0 Å². The fraction of sp³-hybridized carbons (Fsp3) is 0.273. The molecule has 0 aliphatic heterocycles. The predicted octanol–water partition coefficient (Wildman–Crippen LogP) is 2.28. The molecule has 0 unspecified atom stereocenters. The highest BCUT2D eigenvalue weighted by Crippen LogP contribution is 2.30. The van der Waals surface area contributed by atoms with E-state index in [2.05, 4.69) is 9.47 Å². The molecule has 1 aliphatic carbocycles. The molecule has 1 aliphatic rings. The molecule has 0 N–H and O–H groups in total. The molecular weight excluding hydrogens is 215 g/mol. The Morgan fingerprint density at radius 2 is 1.81 bits per heavy atom. The number of carbonyl (C=O) groups is 2. The monoisotopic (exact) mass is 224 g/mol. The van der Waals surface area contributed by atoms with E-state index in [4.69, 9.17) is 0 Å². The molecule has 0 bridgehead atoms. The van der Waals surface area contributed by atoms with Gasteiger partial charge in [0.1, 0.15) is 11.6 Å². The zero-order valence-electron chi connectivity index (χ0n) is 8.31. The number of halogens is 1. The van der Waals surface area contributed by atoms with Gasteiger partial charge in [-0.3, -0.25) is 4.79 Å². The third kappa shape index (κ3) is 2.79. The summed E-state index contributed by atoms with van der Waals surface area (Å²) < 4.78 is 21.6. The molecule has 5 heteroatoms. The number of esters is 1. The lowest BCUT2D eigenvalue weighted by atomic mass is 10.3. The van der Waals surface area contributed by atoms with E-state index < -0.39 is 17.9 Å². The molecule has 0 heterocycles. The van der Waals surface area contributed by atoms with Gasteiger partial charge < -0.3 is 9.47 Å². The highest BCUT2D eigenvalue weighted by atomic mass is 19.1. The fourth-order valence-corrected chi connectivity index (χ4v) is 1.10. The van der Waals surface area contributed by atoms with Crippen LogP contribution in [-0.4, -0.2) is 12.1 Å². The minimum atomic E-state index is -1.08. The summed E-state index contributed by atoms with van der Waals surface area (Å²) in [5.41, 5.74) is 0. The summed E-state index contributed by atoms with van der Waals surface area (Å²) in [4.78, 5) is 22.2. The van der Waals surface area contributed by atoms with Crippen molar-refractivity contribution in [3.8, 4) is 5.75 Å². The third-order valence-corrected chi connectivity index (χ3v) is 2.11. The predicted molar refractivity (Wildman–Crippen MR) is 51.2 cm³/mol. The Labute approximate surface area is 91.0 Å². The maximum absolute atomic E-state index is 12.5. The van der Waals surface area contributed by atoms with Crippen LogP contribution in [0.15, 0.2) is 24.3 Å². The molecule has 4 nitrogen and oxygen atoms in total. The van der Waals surface area contributed by atoms with E-state index in [1.165, 1.54) is 12.1 Å². The van der Waals surface area contributed by atoms with Crippen LogP contribution < -0.4 is 4.74 Å². The van der Waals surface area contributed by atoms with Gasteiger partial charge in [0.05, 0.1) is 5.92 Å². The van der Waals surface area contributed by atoms with Crippen molar-refractivity contribution in [1.82, 2.24) is 0 Å². The Hall–Kier alpha value is -1.91. The second kappa shape index (κ2) is 4.30. The number of hydrogen-bond acceptors (Lipinski definition) is 4. The summed E-state index contributed by atoms with van der Waals surface area (Å²) in [5.74, 6) is -1.03. The highest BCUT2D eigenvalue weighted by molar-refractivity contribution is 5.85. The third-order valence-electron chi connectivity index (χ3n) is 2.11. The topological polar surface area (TPSA) is 52.6 Å². The zero-order valence-corrected chi connectivity index (χ0v) is 8.31. The van der Waals surface area contributed by atoms with Crippen molar-refractivity contribution in [2.45, 2.75) is 12.8 Å². The second-order valence-corrected chi connectivity index (χ2v) is 3.50. The van der Waals surface area contributed by atoms with E-state index in [9.17, 15) is 14.0 Å². The normalized spacial score (nSPS) is 14.3. The van der Waals surface area contributed by atoms with Crippen LogP contribution in [0.1, 0.15) is 12.8 Å². The molecule has 1 aromatic carbocycles. The lowest BCUT2D eigenvalue weighted by molar-refractivity contribution is -0.140. The summed E-state index contributed by atoms with van der Waals surface area (Å²) >= 11 is 0. The van der Waals surface area contributed by atoms with Crippen LogP contribution in [-0.2, 0) is 9.53 Å². The van der Waals surface area contributed by atoms with Gasteiger partial charge in [0.25, 0.3) is 0 Å². The zero-order chi connectivity index (χ0) is 11.5. The van der Waals surface area contributed by atoms with Crippen molar-refractivity contribution in [3.63, 3.8) is 0 Å². The molecule has 1 saturated carbocycles. The van der Waals surface area contributed by atoms with Gasteiger partial charge in [-0.15, -0.1) is 0 Å². The van der Waals surface area contributed by atoms with E-state index in [0.717, 1.165) is 25.0 Å². The van der Waals surface area contributed by atoms with E-state index in [-0.39, 0.29) is 11.7 Å². The molecule has 84 valence electrons. The molecule has 1 fully saturated rings. The molecule has 0 radical (unpaired) electrons.